The van der Waals surface area contributed by atoms with Gasteiger partial charge in [0.1, 0.15) is 0 Å². The summed E-state index contributed by atoms with van der Waals surface area (Å²) >= 11 is 19.5. The van der Waals surface area contributed by atoms with Crippen LogP contribution in [0.3, 0.4) is 0 Å². The van der Waals surface area contributed by atoms with Crippen molar-refractivity contribution in [1.82, 2.24) is 10.3 Å². The summed E-state index contributed by atoms with van der Waals surface area (Å²) in [7, 11) is 0. The molecule has 3 rings (SSSR count). The molecule has 0 bridgehead atoms. The standard InChI is InChI=1S/C19H18Cl3FN2OS/c20-13-6-11(7-14(21)10-13)12-8-16(18(23)17(22)9-12)19(26)24-25-27-15-4-2-1-3-5-15/h6-10,15,25H,1-5H2,(H,24,26). The van der Waals surface area contributed by atoms with E-state index in [1.54, 1.807) is 18.2 Å². The Morgan fingerprint density at radius 2 is 1.59 bits per heavy atom. The van der Waals surface area contributed by atoms with Crippen molar-refractivity contribution in [1.29, 1.82) is 0 Å². The normalized spacial score (nSPS) is 15.0. The molecular weight excluding hydrogens is 430 g/mol. The zero-order chi connectivity index (χ0) is 19.4. The van der Waals surface area contributed by atoms with Crippen LogP contribution in [0.25, 0.3) is 11.1 Å². The third-order valence-electron chi connectivity index (χ3n) is 4.41. The van der Waals surface area contributed by atoms with Crippen molar-refractivity contribution in [2.75, 3.05) is 0 Å². The Morgan fingerprint density at radius 3 is 2.26 bits per heavy atom. The van der Waals surface area contributed by atoms with Crippen LogP contribution in [0.15, 0.2) is 30.3 Å². The molecule has 0 saturated heterocycles. The highest BCUT2D eigenvalue weighted by molar-refractivity contribution is 7.98. The van der Waals surface area contributed by atoms with Crippen molar-refractivity contribution in [3.05, 3.63) is 56.8 Å². The van der Waals surface area contributed by atoms with Gasteiger partial charge in [0.25, 0.3) is 5.91 Å². The molecule has 2 N–H and O–H groups in total. The van der Waals surface area contributed by atoms with Gasteiger partial charge in [-0.25, -0.2) is 4.39 Å². The average Bonchev–Trinajstić information content (AvgIpc) is 2.63. The molecule has 0 spiro atoms. The second-order valence-corrected chi connectivity index (χ2v) is 8.80. The number of amides is 1. The molecule has 144 valence electrons. The second-order valence-electron chi connectivity index (χ2n) is 6.41. The van der Waals surface area contributed by atoms with E-state index in [2.05, 4.69) is 10.3 Å². The molecule has 2 aromatic rings. The molecule has 27 heavy (non-hydrogen) atoms. The van der Waals surface area contributed by atoms with Crippen LogP contribution >= 0.6 is 46.8 Å². The lowest BCUT2D eigenvalue weighted by molar-refractivity contribution is 0.0943. The smallest absolute Gasteiger partial charge is 0.269 e. The number of benzene rings is 2. The zero-order valence-electron chi connectivity index (χ0n) is 14.3. The molecule has 0 aliphatic heterocycles. The molecule has 2 aromatic carbocycles. The van der Waals surface area contributed by atoms with Gasteiger partial charge in [0.05, 0.1) is 10.6 Å². The number of hydrazine groups is 1. The van der Waals surface area contributed by atoms with E-state index in [1.165, 1.54) is 43.3 Å². The minimum atomic E-state index is -0.768. The first-order valence-corrected chi connectivity index (χ1v) is 10.6. The molecule has 1 aliphatic rings. The molecule has 0 aromatic heterocycles. The van der Waals surface area contributed by atoms with E-state index in [9.17, 15) is 9.18 Å². The van der Waals surface area contributed by atoms with Gasteiger partial charge in [0, 0.05) is 15.3 Å². The molecule has 1 amide bonds. The molecular formula is C19H18Cl3FN2OS. The maximum atomic E-state index is 14.4. The van der Waals surface area contributed by atoms with Crippen LogP contribution in [0.1, 0.15) is 42.5 Å². The lowest BCUT2D eigenvalue weighted by atomic mass is 10.0. The van der Waals surface area contributed by atoms with Crippen molar-refractivity contribution in [3.63, 3.8) is 0 Å². The summed E-state index contributed by atoms with van der Waals surface area (Å²) in [6, 6.07) is 7.83. The Kier molecular flexibility index (Phi) is 7.29. The van der Waals surface area contributed by atoms with Gasteiger partial charge in [-0.05, 0) is 54.3 Å². The quantitative estimate of drug-likeness (QED) is 0.397. The zero-order valence-corrected chi connectivity index (χ0v) is 17.4. The summed E-state index contributed by atoms with van der Waals surface area (Å²) in [5.41, 5.74) is 3.59. The maximum absolute atomic E-state index is 14.4. The van der Waals surface area contributed by atoms with Gasteiger partial charge in [-0.2, -0.15) is 4.83 Å². The van der Waals surface area contributed by atoms with Gasteiger partial charge in [0.15, 0.2) is 5.82 Å². The number of hydrogen-bond acceptors (Lipinski definition) is 3. The predicted molar refractivity (Wildman–Crippen MR) is 112 cm³/mol. The van der Waals surface area contributed by atoms with E-state index in [0.29, 0.717) is 26.4 Å². The molecule has 1 saturated carbocycles. The first-order valence-electron chi connectivity index (χ1n) is 8.60. The van der Waals surface area contributed by atoms with E-state index in [4.69, 9.17) is 34.8 Å². The summed E-state index contributed by atoms with van der Waals surface area (Å²) in [5.74, 6) is -1.36. The van der Waals surface area contributed by atoms with E-state index < -0.39 is 11.7 Å². The number of carbonyl (C=O) groups excluding carboxylic acids is 1. The lowest BCUT2D eigenvalue weighted by Crippen LogP contribution is -2.35. The number of hydrogen-bond donors (Lipinski definition) is 2. The maximum Gasteiger partial charge on any atom is 0.269 e. The fraction of sp³-hybridized carbons (Fsp3) is 0.316. The Bertz CT molecular complexity index is 824. The summed E-state index contributed by atoms with van der Waals surface area (Å²) in [6.07, 6.45) is 5.87. The van der Waals surface area contributed by atoms with Crippen LogP contribution in [-0.4, -0.2) is 11.2 Å². The minimum absolute atomic E-state index is 0.145. The molecule has 0 radical (unpaired) electrons. The molecule has 0 atom stereocenters. The monoisotopic (exact) mass is 446 g/mol. The van der Waals surface area contributed by atoms with Crippen molar-refractivity contribution < 1.29 is 9.18 Å². The number of nitrogens with one attached hydrogen (secondary N) is 2. The average molecular weight is 448 g/mol. The molecule has 8 heteroatoms. The van der Waals surface area contributed by atoms with Crippen LogP contribution in [0.2, 0.25) is 15.1 Å². The van der Waals surface area contributed by atoms with E-state index in [0.717, 1.165) is 12.8 Å². The molecule has 3 nitrogen and oxygen atoms in total. The summed E-state index contributed by atoms with van der Waals surface area (Å²) in [5, 5.41) is 1.19. The van der Waals surface area contributed by atoms with Gasteiger partial charge in [-0.1, -0.05) is 66.0 Å². The van der Waals surface area contributed by atoms with Gasteiger partial charge in [0.2, 0.25) is 0 Å². The summed E-state index contributed by atoms with van der Waals surface area (Å²) in [4.78, 5) is 15.3. The van der Waals surface area contributed by atoms with Gasteiger partial charge in [-0.3, -0.25) is 10.2 Å². The van der Waals surface area contributed by atoms with Crippen molar-refractivity contribution in [2.45, 2.75) is 37.4 Å². The Labute approximate surface area is 177 Å². The number of rotatable bonds is 5. The first kappa shape index (κ1) is 20.7. The Morgan fingerprint density at radius 1 is 0.963 bits per heavy atom. The minimum Gasteiger partial charge on any atom is -0.277 e. The van der Waals surface area contributed by atoms with Crippen LogP contribution < -0.4 is 10.3 Å². The highest BCUT2D eigenvalue weighted by Crippen LogP contribution is 2.32. The largest absolute Gasteiger partial charge is 0.277 e. The molecule has 0 unspecified atom stereocenters. The van der Waals surface area contributed by atoms with Gasteiger partial charge in [-0.15, -0.1) is 0 Å². The SMILES string of the molecule is O=C(NNSC1CCCCC1)c1cc(-c2cc(Cl)cc(Cl)c2)cc(Cl)c1F. The number of halogens is 4. The fourth-order valence-corrected chi connectivity index (χ4v) is 4.68. The molecule has 1 aliphatic carbocycles. The van der Waals surface area contributed by atoms with E-state index >= 15 is 0 Å². The number of carbonyl (C=O) groups is 1. The van der Waals surface area contributed by atoms with Crippen molar-refractivity contribution >= 4 is 52.7 Å². The van der Waals surface area contributed by atoms with Crippen LogP contribution in [-0.2, 0) is 0 Å². The first-order chi connectivity index (χ1) is 12.9. The third-order valence-corrected chi connectivity index (χ3v) is 6.15. The summed E-state index contributed by atoms with van der Waals surface area (Å²) < 4.78 is 14.4. The third kappa shape index (κ3) is 5.52. The highest BCUT2D eigenvalue weighted by atomic mass is 35.5. The van der Waals surface area contributed by atoms with E-state index in [1.807, 2.05) is 0 Å². The van der Waals surface area contributed by atoms with Crippen LogP contribution in [0, 0.1) is 5.82 Å². The summed E-state index contributed by atoms with van der Waals surface area (Å²) in [6.45, 7) is 0. The lowest BCUT2D eigenvalue weighted by Gasteiger charge is -2.21. The highest BCUT2D eigenvalue weighted by Gasteiger charge is 2.19. The topological polar surface area (TPSA) is 41.1 Å². The van der Waals surface area contributed by atoms with E-state index in [-0.39, 0.29) is 10.6 Å². The van der Waals surface area contributed by atoms with Crippen LogP contribution in [0.5, 0.6) is 0 Å². The Balaban J connectivity index is 1.75. The predicted octanol–water partition coefficient (Wildman–Crippen LogP) is 6.67. The van der Waals surface area contributed by atoms with Gasteiger partial charge < -0.3 is 0 Å². The molecule has 0 heterocycles. The second kappa shape index (κ2) is 9.48. The van der Waals surface area contributed by atoms with Crippen molar-refractivity contribution in [3.8, 4) is 11.1 Å². The van der Waals surface area contributed by atoms with Crippen LogP contribution in [0.4, 0.5) is 4.39 Å². The van der Waals surface area contributed by atoms with Gasteiger partial charge >= 0.3 is 0 Å². The Hall–Kier alpha value is -0.980. The molecule has 1 fully saturated rings. The van der Waals surface area contributed by atoms with Crippen molar-refractivity contribution in [2.24, 2.45) is 0 Å². The fourth-order valence-electron chi connectivity index (χ4n) is 3.05.